The summed E-state index contributed by atoms with van der Waals surface area (Å²) in [5.74, 6) is -1.63. The van der Waals surface area contributed by atoms with Gasteiger partial charge < -0.3 is 15.5 Å². The molecular weight excluding hydrogens is 278 g/mol. The van der Waals surface area contributed by atoms with Gasteiger partial charge in [-0.05, 0) is 0 Å². The lowest BCUT2D eigenvalue weighted by Crippen LogP contribution is -2.91. The fourth-order valence-electron chi connectivity index (χ4n) is 3.50. The molecular formula is C11H21N7O3+2. The van der Waals surface area contributed by atoms with Crippen LogP contribution in [0.5, 0.6) is 0 Å². The van der Waals surface area contributed by atoms with Crippen molar-refractivity contribution in [1.29, 1.82) is 0 Å². The summed E-state index contributed by atoms with van der Waals surface area (Å²) in [6, 6.07) is -0.829. The van der Waals surface area contributed by atoms with Crippen molar-refractivity contribution in [2.45, 2.75) is 36.9 Å². The topological polar surface area (TPSA) is 163 Å². The summed E-state index contributed by atoms with van der Waals surface area (Å²) in [5.41, 5.74) is 10.6. The van der Waals surface area contributed by atoms with Crippen LogP contribution in [0, 0.1) is 0 Å². The molecule has 0 aromatic rings. The molecule has 0 unspecified atom stereocenters. The average molecular weight is 299 g/mol. The number of aliphatic hydroxyl groups is 2. The Morgan fingerprint density at radius 1 is 1.57 bits per heavy atom. The van der Waals surface area contributed by atoms with Crippen molar-refractivity contribution in [2.24, 2.45) is 11.5 Å². The van der Waals surface area contributed by atoms with E-state index in [4.69, 9.17) is 11.5 Å². The number of carbonyl (C=O) groups excluding carboxylic acids is 1. The number of amides is 1. The smallest absolute Gasteiger partial charge is 0.347 e. The largest absolute Gasteiger partial charge is 0.360 e. The molecule has 1 amide bonds. The summed E-state index contributed by atoms with van der Waals surface area (Å²) in [4.78, 5) is 14.1. The van der Waals surface area contributed by atoms with Gasteiger partial charge in [-0.2, -0.15) is 0 Å². The van der Waals surface area contributed by atoms with E-state index >= 15 is 0 Å². The Kier molecular flexibility index (Phi) is 2.79. The number of nitrogens with two attached hydrogens (primary N) is 2. The Hall–Kier alpha value is -2.07. The summed E-state index contributed by atoms with van der Waals surface area (Å²) in [6.45, 7) is 2.06. The van der Waals surface area contributed by atoms with Crippen molar-refractivity contribution in [1.82, 2.24) is 16.0 Å². The lowest BCUT2D eigenvalue weighted by Gasteiger charge is -2.40. The molecule has 21 heavy (non-hydrogen) atoms. The second-order valence-corrected chi connectivity index (χ2v) is 5.72. The SMILES string of the molecule is CC(=O)NC[C@@H]1NC(N)=[N+]2CCC(O)(O)[C@@]23NC(N)=[NH+][C@@H]13. The summed E-state index contributed by atoms with van der Waals surface area (Å²) >= 11 is 0. The monoisotopic (exact) mass is 299 g/mol. The highest BCUT2D eigenvalue weighted by Crippen LogP contribution is 2.36. The molecule has 0 aliphatic carbocycles. The van der Waals surface area contributed by atoms with E-state index in [2.05, 4.69) is 20.9 Å². The van der Waals surface area contributed by atoms with Gasteiger partial charge in [0, 0.05) is 13.3 Å². The molecule has 0 bridgehead atoms. The van der Waals surface area contributed by atoms with Gasteiger partial charge in [0.2, 0.25) is 11.7 Å². The number of guanidine groups is 2. The first-order chi connectivity index (χ1) is 9.78. The maximum absolute atomic E-state index is 11.1. The van der Waals surface area contributed by atoms with E-state index in [1.165, 1.54) is 6.92 Å². The fraction of sp³-hybridized carbons (Fsp3) is 0.727. The molecule has 10 nitrogen and oxygen atoms in total. The van der Waals surface area contributed by atoms with Gasteiger partial charge in [0.15, 0.2) is 6.04 Å². The van der Waals surface area contributed by atoms with Crippen LogP contribution in [0.1, 0.15) is 13.3 Å². The van der Waals surface area contributed by atoms with Gasteiger partial charge in [-0.15, -0.1) is 0 Å². The molecule has 116 valence electrons. The van der Waals surface area contributed by atoms with E-state index in [1.807, 2.05) is 0 Å². The molecule has 0 radical (unpaired) electrons. The minimum Gasteiger partial charge on any atom is -0.360 e. The molecule has 1 saturated heterocycles. The van der Waals surface area contributed by atoms with Crippen LogP contribution in [0.15, 0.2) is 0 Å². The molecule has 0 aromatic heterocycles. The zero-order chi connectivity index (χ0) is 15.4. The highest BCUT2D eigenvalue weighted by atomic mass is 16.5. The average Bonchev–Trinajstić information content (AvgIpc) is 2.85. The summed E-state index contributed by atoms with van der Waals surface area (Å²) in [7, 11) is 0. The number of hydrogen-bond donors (Lipinski definition) is 8. The minimum absolute atomic E-state index is 0.126. The highest BCUT2D eigenvalue weighted by molar-refractivity contribution is 5.78. The van der Waals surface area contributed by atoms with Crippen LogP contribution in [0.4, 0.5) is 0 Å². The van der Waals surface area contributed by atoms with Crippen LogP contribution in [0.2, 0.25) is 0 Å². The number of carbonyl (C=O) groups is 1. The lowest BCUT2D eigenvalue weighted by atomic mass is 9.86. The normalized spacial score (nSPS) is 36.2. The van der Waals surface area contributed by atoms with Crippen molar-refractivity contribution in [2.75, 3.05) is 13.1 Å². The van der Waals surface area contributed by atoms with E-state index in [1.54, 1.807) is 4.58 Å². The van der Waals surface area contributed by atoms with E-state index in [0.29, 0.717) is 12.5 Å². The van der Waals surface area contributed by atoms with E-state index < -0.39 is 17.5 Å². The van der Waals surface area contributed by atoms with Gasteiger partial charge in [-0.1, -0.05) is 0 Å². The Bertz CT molecular complexity index is 558. The molecule has 3 aliphatic heterocycles. The first-order valence-electron chi connectivity index (χ1n) is 6.81. The van der Waals surface area contributed by atoms with E-state index in [-0.39, 0.29) is 30.9 Å². The molecule has 10 N–H and O–H groups in total. The predicted octanol–water partition coefficient (Wildman–Crippen LogP) is -6.43. The predicted molar refractivity (Wildman–Crippen MR) is 71.5 cm³/mol. The van der Waals surface area contributed by atoms with Crippen LogP contribution in [0.25, 0.3) is 0 Å². The van der Waals surface area contributed by atoms with Crippen molar-refractivity contribution < 1.29 is 24.6 Å². The minimum atomic E-state index is -2.01. The maximum Gasteiger partial charge on any atom is 0.347 e. The zero-order valence-corrected chi connectivity index (χ0v) is 11.7. The Morgan fingerprint density at radius 2 is 2.29 bits per heavy atom. The molecule has 1 spiro atoms. The maximum atomic E-state index is 11.1. The zero-order valence-electron chi connectivity index (χ0n) is 11.7. The second kappa shape index (κ2) is 4.21. The molecule has 3 heterocycles. The van der Waals surface area contributed by atoms with Gasteiger partial charge >= 0.3 is 11.9 Å². The number of nitrogens with zero attached hydrogens (tertiary/aromatic N) is 1. The second-order valence-electron chi connectivity index (χ2n) is 5.72. The standard InChI is InChI=1S/C11H19N7O3/c1-5(19)14-4-6-7-11(17-8(12)16-7)10(20,21)2-3-18(11)9(13)15-6/h6-7,20-21H,2-4H2,1H3,(H6,12,13,14,15,16,17,19)/p+2/t6-,7-,11-/m0/s1. The molecule has 0 aromatic carbocycles. The fourth-order valence-corrected chi connectivity index (χ4v) is 3.50. The van der Waals surface area contributed by atoms with Gasteiger partial charge in [-0.3, -0.25) is 26.6 Å². The van der Waals surface area contributed by atoms with Crippen molar-refractivity contribution in [3.05, 3.63) is 0 Å². The number of hydrogen-bond acceptors (Lipinski definition) is 7. The van der Waals surface area contributed by atoms with E-state index in [9.17, 15) is 15.0 Å². The quantitative estimate of drug-likeness (QED) is 0.186. The molecule has 3 atom stereocenters. The third-order valence-corrected chi connectivity index (χ3v) is 4.40. The summed E-state index contributed by atoms with van der Waals surface area (Å²) < 4.78 is 1.66. The first-order valence-corrected chi connectivity index (χ1v) is 6.81. The summed E-state index contributed by atoms with van der Waals surface area (Å²) in [6.07, 6.45) is 0.126. The molecule has 3 rings (SSSR count). The highest BCUT2D eigenvalue weighted by Gasteiger charge is 2.74. The van der Waals surface area contributed by atoms with Gasteiger partial charge in [0.25, 0.3) is 5.66 Å². The summed E-state index contributed by atoms with van der Waals surface area (Å²) in [5, 5.41) is 29.6. The third-order valence-electron chi connectivity index (χ3n) is 4.40. The van der Waals surface area contributed by atoms with E-state index in [0.717, 1.165) is 0 Å². The molecule has 3 aliphatic rings. The number of nitrogens with one attached hydrogen (secondary N) is 4. The Balaban J connectivity index is 2.02. The number of rotatable bonds is 2. The molecule has 0 saturated carbocycles. The first kappa shape index (κ1) is 13.9. The van der Waals surface area contributed by atoms with Crippen LogP contribution >= 0.6 is 0 Å². The third kappa shape index (κ3) is 1.75. The van der Waals surface area contributed by atoms with Crippen LogP contribution in [-0.4, -0.2) is 69.2 Å². The Morgan fingerprint density at radius 3 is 2.95 bits per heavy atom. The Labute approximate surface area is 120 Å². The van der Waals surface area contributed by atoms with Gasteiger partial charge in [-0.25, -0.2) is 9.89 Å². The molecule has 10 heteroatoms. The van der Waals surface area contributed by atoms with Crippen molar-refractivity contribution >= 4 is 17.8 Å². The molecule has 1 fully saturated rings. The van der Waals surface area contributed by atoms with Crippen LogP contribution in [0.3, 0.4) is 0 Å². The van der Waals surface area contributed by atoms with Gasteiger partial charge in [0.1, 0.15) is 6.04 Å². The lowest BCUT2D eigenvalue weighted by molar-refractivity contribution is -0.674. The van der Waals surface area contributed by atoms with Crippen molar-refractivity contribution in [3.63, 3.8) is 0 Å². The van der Waals surface area contributed by atoms with Crippen molar-refractivity contribution in [3.8, 4) is 0 Å². The van der Waals surface area contributed by atoms with Gasteiger partial charge in [0.05, 0.1) is 13.1 Å². The van der Waals surface area contributed by atoms with Crippen LogP contribution in [-0.2, 0) is 4.79 Å². The van der Waals surface area contributed by atoms with Crippen LogP contribution < -0.4 is 32.4 Å².